The highest BCUT2D eigenvalue weighted by molar-refractivity contribution is 7.09. The van der Waals surface area contributed by atoms with Crippen molar-refractivity contribution in [3.63, 3.8) is 0 Å². The Morgan fingerprint density at radius 3 is 2.69 bits per heavy atom. The van der Waals surface area contributed by atoms with Gasteiger partial charge in [0.15, 0.2) is 11.6 Å². The van der Waals surface area contributed by atoms with E-state index >= 15 is 0 Å². The van der Waals surface area contributed by atoms with Crippen molar-refractivity contribution in [1.82, 2.24) is 14.6 Å². The number of halogens is 6. The summed E-state index contributed by atoms with van der Waals surface area (Å²) >= 11 is 13.5. The Labute approximate surface area is 159 Å². The van der Waals surface area contributed by atoms with Crippen LogP contribution >= 0.6 is 34.5 Å². The number of hydrogen-bond acceptors (Lipinski definition) is 4. The molecular formula is C15H12Cl2F4N4S. The fraction of sp³-hybridized carbons (Fsp3) is 0.333. The van der Waals surface area contributed by atoms with Gasteiger partial charge in [-0.1, -0.05) is 17.7 Å². The normalized spacial score (nSPS) is 12.1. The van der Waals surface area contributed by atoms with Crippen molar-refractivity contribution in [3.8, 4) is 0 Å². The number of hydrogen-bond donors (Lipinski definition) is 1. The molecule has 1 N–H and O–H groups in total. The molecule has 3 rings (SSSR count). The fourth-order valence-electron chi connectivity index (χ4n) is 2.49. The highest BCUT2D eigenvalue weighted by Gasteiger charge is 2.28. The van der Waals surface area contributed by atoms with E-state index in [-0.39, 0.29) is 40.2 Å². The molecule has 0 aromatic carbocycles. The number of rotatable bonds is 6. The molecule has 0 radical (unpaired) electrons. The van der Waals surface area contributed by atoms with Gasteiger partial charge in [0, 0.05) is 16.9 Å². The number of nitrogens with one attached hydrogen (secondary N) is 1. The first-order valence-corrected chi connectivity index (χ1v) is 9.15. The van der Waals surface area contributed by atoms with Gasteiger partial charge in [0.1, 0.15) is 10.7 Å². The second-order valence-electron chi connectivity index (χ2n) is 5.47. The molecule has 0 atom stereocenters. The maximum atomic E-state index is 14.8. The summed E-state index contributed by atoms with van der Waals surface area (Å²) in [5, 5.41) is 8.45. The molecule has 0 amide bonds. The van der Waals surface area contributed by atoms with Crippen LogP contribution in [0.5, 0.6) is 0 Å². The molecule has 0 saturated carbocycles. The summed E-state index contributed by atoms with van der Waals surface area (Å²) in [6.07, 6.45) is -5.78. The van der Waals surface area contributed by atoms with E-state index in [4.69, 9.17) is 23.2 Å². The van der Waals surface area contributed by atoms with Crippen molar-refractivity contribution in [1.29, 1.82) is 0 Å². The number of fused-ring (bicyclic) bond motifs is 1. The lowest BCUT2D eigenvalue weighted by molar-refractivity contribution is -0.135. The van der Waals surface area contributed by atoms with Gasteiger partial charge in [-0.05, 0) is 35.9 Å². The van der Waals surface area contributed by atoms with Crippen molar-refractivity contribution in [2.75, 3.05) is 5.32 Å². The molecule has 26 heavy (non-hydrogen) atoms. The molecule has 0 spiro atoms. The highest BCUT2D eigenvalue weighted by atomic mass is 35.5. The molecule has 0 unspecified atom stereocenters. The van der Waals surface area contributed by atoms with Gasteiger partial charge in [-0.25, -0.2) is 8.91 Å². The second-order valence-corrected chi connectivity index (χ2v) is 7.20. The Balaban J connectivity index is 1.92. The molecule has 3 aromatic heterocycles. The lowest BCUT2D eigenvalue weighted by Crippen LogP contribution is -2.07. The van der Waals surface area contributed by atoms with Crippen LogP contribution in [-0.2, 0) is 13.0 Å². The predicted octanol–water partition coefficient (Wildman–Crippen LogP) is 5.73. The first kappa shape index (κ1) is 19.2. The molecule has 0 aliphatic carbocycles. The number of thiophene rings is 1. The summed E-state index contributed by atoms with van der Waals surface area (Å²) in [6, 6.07) is 3.76. The van der Waals surface area contributed by atoms with Crippen LogP contribution in [0.15, 0.2) is 17.5 Å². The molecule has 0 saturated heterocycles. The van der Waals surface area contributed by atoms with E-state index in [0.717, 1.165) is 9.39 Å². The molecule has 3 aromatic rings. The zero-order valence-corrected chi connectivity index (χ0v) is 15.4. The third-order valence-electron chi connectivity index (χ3n) is 3.63. The molecule has 0 aliphatic rings. The molecule has 0 fully saturated rings. The summed E-state index contributed by atoms with van der Waals surface area (Å²) in [7, 11) is 0. The van der Waals surface area contributed by atoms with Gasteiger partial charge in [-0.2, -0.15) is 18.2 Å². The summed E-state index contributed by atoms with van der Waals surface area (Å²) in [6.45, 7) is 0.381. The molecule has 0 bridgehead atoms. The Morgan fingerprint density at radius 1 is 1.27 bits per heavy atom. The summed E-state index contributed by atoms with van der Waals surface area (Å²) in [5.41, 5.74) is -0.0791. The van der Waals surface area contributed by atoms with E-state index in [1.807, 2.05) is 17.5 Å². The lowest BCUT2D eigenvalue weighted by atomic mass is 10.1. The number of alkyl halides is 3. The summed E-state index contributed by atoms with van der Waals surface area (Å²) in [4.78, 5) is 4.97. The van der Waals surface area contributed by atoms with Crippen LogP contribution in [0.4, 0.5) is 23.4 Å². The molecular weight excluding hydrogens is 415 g/mol. The first-order valence-electron chi connectivity index (χ1n) is 7.51. The van der Waals surface area contributed by atoms with Crippen molar-refractivity contribution in [2.24, 2.45) is 0 Å². The van der Waals surface area contributed by atoms with Crippen LogP contribution in [0.1, 0.15) is 23.3 Å². The van der Waals surface area contributed by atoms with Crippen LogP contribution in [0.25, 0.3) is 5.52 Å². The van der Waals surface area contributed by atoms with E-state index in [1.54, 1.807) is 0 Å². The largest absolute Gasteiger partial charge is 0.389 e. The number of anilines is 1. The van der Waals surface area contributed by atoms with Crippen LogP contribution in [0, 0.1) is 5.82 Å². The van der Waals surface area contributed by atoms with E-state index in [9.17, 15) is 17.6 Å². The Kier molecular flexibility index (Phi) is 5.59. The van der Waals surface area contributed by atoms with Crippen molar-refractivity contribution < 1.29 is 17.6 Å². The average Bonchev–Trinajstić information content (AvgIpc) is 3.14. The summed E-state index contributed by atoms with van der Waals surface area (Å²) < 4.78 is 52.9. The van der Waals surface area contributed by atoms with Gasteiger partial charge in [0.25, 0.3) is 0 Å². The van der Waals surface area contributed by atoms with E-state index in [2.05, 4.69) is 15.4 Å². The first-order chi connectivity index (χ1) is 12.3. The minimum Gasteiger partial charge on any atom is -0.363 e. The molecule has 0 aliphatic heterocycles. The van der Waals surface area contributed by atoms with Crippen molar-refractivity contribution in [2.45, 2.75) is 32.0 Å². The highest BCUT2D eigenvalue weighted by Crippen LogP contribution is 2.32. The maximum Gasteiger partial charge on any atom is 0.389 e. The third-order valence-corrected chi connectivity index (χ3v) is 5.05. The zero-order chi connectivity index (χ0) is 18.9. The number of nitrogens with zero attached hydrogens (tertiary/aromatic N) is 3. The topological polar surface area (TPSA) is 42.2 Å². The van der Waals surface area contributed by atoms with Crippen LogP contribution in [0.3, 0.4) is 0 Å². The molecule has 4 nitrogen and oxygen atoms in total. The monoisotopic (exact) mass is 426 g/mol. The minimum atomic E-state index is -4.31. The molecule has 140 valence electrons. The van der Waals surface area contributed by atoms with E-state index in [0.29, 0.717) is 6.54 Å². The maximum absolute atomic E-state index is 14.8. The Morgan fingerprint density at radius 2 is 2.04 bits per heavy atom. The van der Waals surface area contributed by atoms with Gasteiger partial charge < -0.3 is 5.32 Å². The Bertz CT molecular complexity index is 909. The molecule has 11 heteroatoms. The van der Waals surface area contributed by atoms with Gasteiger partial charge in [0.2, 0.25) is 5.28 Å². The van der Waals surface area contributed by atoms with Crippen LogP contribution < -0.4 is 5.32 Å². The fourth-order valence-corrected chi connectivity index (χ4v) is 3.59. The van der Waals surface area contributed by atoms with Gasteiger partial charge in [-0.15, -0.1) is 16.4 Å². The van der Waals surface area contributed by atoms with Gasteiger partial charge >= 0.3 is 6.18 Å². The van der Waals surface area contributed by atoms with Crippen molar-refractivity contribution >= 4 is 45.9 Å². The van der Waals surface area contributed by atoms with E-state index < -0.39 is 18.4 Å². The quantitative estimate of drug-likeness (QED) is 0.511. The Hall–Kier alpha value is -1.58. The van der Waals surface area contributed by atoms with Crippen molar-refractivity contribution in [3.05, 3.63) is 44.2 Å². The number of aromatic nitrogens is 3. The second kappa shape index (κ2) is 7.58. The van der Waals surface area contributed by atoms with Gasteiger partial charge in [-0.3, -0.25) is 0 Å². The lowest BCUT2D eigenvalue weighted by Gasteiger charge is -2.07. The summed E-state index contributed by atoms with van der Waals surface area (Å²) in [5.74, 6) is -0.623. The van der Waals surface area contributed by atoms with Crippen LogP contribution in [-0.4, -0.2) is 20.8 Å². The smallest absolute Gasteiger partial charge is 0.363 e. The van der Waals surface area contributed by atoms with Gasteiger partial charge in [0.05, 0.1) is 6.54 Å². The zero-order valence-electron chi connectivity index (χ0n) is 13.1. The molecule has 3 heterocycles. The third kappa shape index (κ3) is 4.21. The predicted molar refractivity (Wildman–Crippen MR) is 93.6 cm³/mol. The SMILES string of the molecule is Fc1c(CCCC(F)(F)F)c(Cl)n2nc(Cl)nc(NCc3cccs3)c12. The van der Waals surface area contributed by atoms with Crippen LogP contribution in [0.2, 0.25) is 10.4 Å². The average molecular weight is 427 g/mol. The standard InChI is InChI=1S/C15H12Cl2F4N4S/c16-12-9(4-1-5-15(19,20)21)10(18)11-13(23-14(17)24-25(11)12)22-7-8-3-2-6-26-8/h2-3,6H,1,4-5,7H2,(H,22,23,24). The van der Waals surface area contributed by atoms with E-state index in [1.165, 1.54) is 11.3 Å². The minimum absolute atomic E-state index is 0.0355.